The monoisotopic (exact) mass is 175 g/mol. The maximum atomic E-state index is 13.0. The molecule has 0 unspecified atom stereocenters. The van der Waals surface area contributed by atoms with Gasteiger partial charge in [-0.1, -0.05) is 0 Å². The number of hydrogen-bond acceptors (Lipinski definition) is 4. The van der Waals surface area contributed by atoms with Crippen LogP contribution in [-0.4, -0.2) is 18.0 Å². The van der Waals surface area contributed by atoms with Gasteiger partial charge in [-0.25, -0.2) is 14.2 Å². The number of halogens is 1. The molecular formula is C7H7FN2O2. The van der Waals surface area contributed by atoms with Gasteiger partial charge in [0.2, 0.25) is 0 Å². The minimum absolute atomic E-state index is 0.762. The summed E-state index contributed by atoms with van der Waals surface area (Å²) in [6.45, 7) is 0. The van der Waals surface area contributed by atoms with Crippen molar-refractivity contribution in [3.8, 4) is 0 Å². The lowest BCUT2D eigenvalue weighted by Gasteiger charge is -1.99. The number of nitrogens with zero attached hydrogens (tertiary/aromatic N) is 1. The number of ether oxygens (including phenoxy) is 1. The molecule has 64 valence electrons. The van der Waals surface area contributed by atoms with Gasteiger partial charge in [-0.3, -0.25) is 0 Å². The van der Waals surface area contributed by atoms with Crippen LogP contribution in [0.25, 0.3) is 0 Å². The third-order valence-corrected chi connectivity index (χ3v) is 1.04. The van der Waals surface area contributed by atoms with Gasteiger partial charge in [-0.15, -0.1) is 0 Å². The molecule has 4 nitrogen and oxygen atoms in total. The summed E-state index contributed by atoms with van der Waals surface area (Å²) in [6.07, 6.45) is -0.962. The molecular weight excluding hydrogens is 163 g/mol. The Balaban J connectivity index is 3.20. The molecule has 5 heteroatoms. The van der Waals surface area contributed by atoms with Crippen molar-refractivity contribution in [2.24, 2.45) is 0 Å². The fourth-order valence-electron chi connectivity index (χ4n) is 0.521. The summed E-state index contributed by atoms with van der Waals surface area (Å²) in [4.78, 5) is 14.4. The minimum atomic E-state index is -3.02. The highest BCUT2D eigenvalue weighted by molar-refractivity contribution is 5.87. The summed E-state index contributed by atoms with van der Waals surface area (Å²) in [6, 6.07) is -0.812. The zero-order valence-corrected chi connectivity index (χ0v) is 5.72. The van der Waals surface area contributed by atoms with Gasteiger partial charge in [0.15, 0.2) is 11.5 Å². The van der Waals surface area contributed by atoms with Gasteiger partial charge in [0.25, 0.3) is 0 Å². The highest BCUT2D eigenvalue weighted by Crippen LogP contribution is 2.09. The number of rotatable bonds is 1. The highest BCUT2D eigenvalue weighted by Gasteiger charge is 2.08. The lowest BCUT2D eigenvalue weighted by Crippen LogP contribution is -2.05. The molecule has 12 heavy (non-hydrogen) atoms. The Hall–Kier alpha value is -1.65. The minimum Gasteiger partial charge on any atom is -0.464 e. The van der Waals surface area contributed by atoms with Crippen molar-refractivity contribution >= 4 is 11.7 Å². The van der Waals surface area contributed by atoms with Crippen LogP contribution in [0.15, 0.2) is 12.2 Å². The molecule has 0 aromatic carbocycles. The number of esters is 1. The van der Waals surface area contributed by atoms with Crippen LogP contribution in [0, 0.1) is 5.82 Å². The average Bonchev–Trinajstić information content (AvgIpc) is 2.17. The Morgan fingerprint density at radius 3 is 3.42 bits per heavy atom. The summed E-state index contributed by atoms with van der Waals surface area (Å²) < 4.78 is 51.3. The number of hydrogen-bond donors (Lipinski definition) is 1. The number of carbonyl (C=O) groups is 1. The predicted octanol–water partition coefficient (Wildman–Crippen LogP) is 0.590. The average molecular weight is 175 g/mol. The maximum Gasteiger partial charge on any atom is 0.356 e. The molecule has 0 spiro atoms. The Labute approximate surface area is 75.2 Å². The van der Waals surface area contributed by atoms with Crippen molar-refractivity contribution in [3.63, 3.8) is 0 Å². The van der Waals surface area contributed by atoms with E-state index < -0.39 is 42.4 Å². The Bertz CT molecular complexity index is 476. The first-order valence-electron chi connectivity index (χ1n) is 5.29. The van der Waals surface area contributed by atoms with E-state index in [1.807, 2.05) is 0 Å². The SMILES string of the molecule is [2H]c1nc(C(=O)OC([2H])([2H])[2H])c([2H])c(N)c1F. The van der Waals surface area contributed by atoms with Crippen LogP contribution in [0.5, 0.6) is 0 Å². The van der Waals surface area contributed by atoms with Gasteiger partial charge in [-0.2, -0.15) is 0 Å². The van der Waals surface area contributed by atoms with Crippen molar-refractivity contribution < 1.29 is 20.8 Å². The molecule has 0 atom stereocenters. The Morgan fingerprint density at radius 1 is 2.00 bits per heavy atom. The number of pyridine rings is 1. The summed E-state index contributed by atoms with van der Waals surface area (Å²) in [5.74, 6) is -2.71. The van der Waals surface area contributed by atoms with Crippen LogP contribution in [-0.2, 0) is 4.74 Å². The van der Waals surface area contributed by atoms with Crippen LogP contribution in [0.2, 0.25) is 0 Å². The van der Waals surface area contributed by atoms with Crippen molar-refractivity contribution in [2.75, 3.05) is 12.8 Å². The van der Waals surface area contributed by atoms with E-state index in [-0.39, 0.29) is 0 Å². The normalized spacial score (nSPS) is 16.6. The molecule has 1 aromatic rings. The molecule has 1 heterocycles. The Kier molecular flexibility index (Phi) is 1.01. The van der Waals surface area contributed by atoms with E-state index >= 15 is 0 Å². The highest BCUT2D eigenvalue weighted by atomic mass is 19.1. The third kappa shape index (κ3) is 1.50. The topological polar surface area (TPSA) is 65.2 Å². The molecule has 0 aliphatic carbocycles. The number of methoxy groups -OCH3 is 1. The van der Waals surface area contributed by atoms with Crippen LogP contribution >= 0.6 is 0 Å². The van der Waals surface area contributed by atoms with E-state index in [9.17, 15) is 9.18 Å². The second kappa shape index (κ2) is 3.17. The van der Waals surface area contributed by atoms with E-state index in [2.05, 4.69) is 9.72 Å². The first kappa shape index (κ1) is 3.84. The summed E-state index contributed by atoms with van der Waals surface area (Å²) in [5.41, 5.74) is 3.54. The molecule has 1 aromatic heterocycles. The number of aromatic nitrogens is 1. The van der Waals surface area contributed by atoms with Gasteiger partial charge in [-0.05, 0) is 6.04 Å². The Morgan fingerprint density at radius 2 is 2.75 bits per heavy atom. The lowest BCUT2D eigenvalue weighted by atomic mass is 10.3. The molecule has 1 rings (SSSR count). The molecule has 0 amide bonds. The van der Waals surface area contributed by atoms with Gasteiger partial charge < -0.3 is 10.5 Å². The summed E-state index contributed by atoms with van der Waals surface area (Å²) >= 11 is 0. The lowest BCUT2D eigenvalue weighted by molar-refractivity contribution is 0.0594. The third-order valence-electron chi connectivity index (χ3n) is 1.04. The fraction of sp³-hybridized carbons (Fsp3) is 0.143. The molecule has 2 N–H and O–H groups in total. The van der Waals surface area contributed by atoms with Gasteiger partial charge in [0.05, 0.1) is 25.8 Å². The van der Waals surface area contributed by atoms with E-state index in [1.165, 1.54) is 0 Å². The number of nitrogen functional groups attached to an aromatic ring is 1. The van der Waals surface area contributed by atoms with Crippen LogP contribution in [0.3, 0.4) is 0 Å². The van der Waals surface area contributed by atoms with Crippen LogP contribution < -0.4 is 5.73 Å². The van der Waals surface area contributed by atoms with Crippen LogP contribution in [0.1, 0.15) is 17.3 Å². The summed E-state index contributed by atoms with van der Waals surface area (Å²) in [5, 5.41) is 0. The van der Waals surface area contributed by atoms with Crippen molar-refractivity contribution in [1.82, 2.24) is 4.98 Å². The molecule has 0 aliphatic heterocycles. The van der Waals surface area contributed by atoms with Gasteiger partial charge in [0, 0.05) is 0 Å². The summed E-state index contributed by atoms with van der Waals surface area (Å²) in [7, 11) is -3.02. The number of anilines is 1. The first-order chi connectivity index (χ1) is 7.63. The van der Waals surface area contributed by atoms with E-state index in [1.54, 1.807) is 0 Å². The predicted molar refractivity (Wildman–Crippen MR) is 39.9 cm³/mol. The zero-order valence-electron chi connectivity index (χ0n) is 10.7. The van der Waals surface area contributed by atoms with Gasteiger partial charge in [0.1, 0.15) is 0 Å². The maximum absolute atomic E-state index is 13.0. The standard InChI is InChI=1S/C7H7FN2O2/c1-12-7(11)6-2-5(9)4(8)3-10-6/h2-3H,1H3,(H2,9,10)/i1D3,2D,3D. The van der Waals surface area contributed by atoms with E-state index in [0.29, 0.717) is 0 Å². The molecule has 0 bridgehead atoms. The van der Waals surface area contributed by atoms with Crippen molar-refractivity contribution in [1.29, 1.82) is 0 Å². The van der Waals surface area contributed by atoms with Crippen molar-refractivity contribution in [2.45, 2.75) is 0 Å². The number of carbonyl (C=O) groups excluding carboxylic acids is 1. The molecule has 0 fully saturated rings. The van der Waals surface area contributed by atoms with Gasteiger partial charge >= 0.3 is 5.97 Å². The first-order valence-corrected chi connectivity index (χ1v) is 2.79. The largest absolute Gasteiger partial charge is 0.464 e. The zero-order chi connectivity index (χ0) is 13.4. The van der Waals surface area contributed by atoms with Crippen molar-refractivity contribution in [3.05, 3.63) is 23.7 Å². The molecule has 0 aliphatic rings. The van der Waals surface area contributed by atoms with Crippen LogP contribution in [0.4, 0.5) is 10.1 Å². The smallest absolute Gasteiger partial charge is 0.356 e. The molecule has 0 saturated carbocycles. The van der Waals surface area contributed by atoms with E-state index in [0.717, 1.165) is 0 Å². The second-order valence-electron chi connectivity index (χ2n) is 1.81. The van der Waals surface area contributed by atoms with E-state index in [4.69, 9.17) is 12.6 Å². The second-order valence-corrected chi connectivity index (χ2v) is 1.81. The molecule has 0 saturated heterocycles. The quantitative estimate of drug-likeness (QED) is 0.634. The molecule has 0 radical (unpaired) electrons. The number of nitrogens with two attached hydrogens (primary N) is 1. The fourth-order valence-corrected chi connectivity index (χ4v) is 0.521.